The molecule has 0 saturated carbocycles. The molecule has 1 aliphatic heterocycles. The molecular weight excluding hydrogens is 504 g/mol. The van der Waals surface area contributed by atoms with E-state index in [2.05, 4.69) is 13.8 Å². The van der Waals surface area contributed by atoms with Gasteiger partial charge in [-0.2, -0.15) is 0 Å². The van der Waals surface area contributed by atoms with E-state index < -0.39 is 43.4 Å². The molecule has 39 heavy (non-hydrogen) atoms. The molecule has 4 N–H and O–H groups in total. The first kappa shape index (κ1) is 36.2. The molecule has 0 spiro atoms. The average Bonchev–Trinajstić information content (AvgIpc) is 2.93. The van der Waals surface area contributed by atoms with E-state index in [-0.39, 0.29) is 19.2 Å². The lowest BCUT2D eigenvalue weighted by molar-refractivity contribution is -0.305. The third-order valence-corrected chi connectivity index (χ3v) is 7.27. The highest BCUT2D eigenvalue weighted by Gasteiger charge is 2.44. The summed E-state index contributed by atoms with van der Waals surface area (Å²) in [7, 11) is 0. The van der Waals surface area contributed by atoms with Crippen LogP contribution in [0.5, 0.6) is 0 Å². The van der Waals surface area contributed by atoms with Crippen molar-refractivity contribution in [3.8, 4) is 0 Å². The summed E-state index contributed by atoms with van der Waals surface area (Å²) in [5.74, 6) is -0.319. The van der Waals surface area contributed by atoms with Crippen molar-refractivity contribution in [2.75, 3.05) is 26.4 Å². The first-order chi connectivity index (χ1) is 18.9. The normalized spacial score (nSPS) is 24.1. The molecule has 9 heteroatoms. The smallest absolute Gasteiger partial charge is 0.306 e. The van der Waals surface area contributed by atoms with Crippen LogP contribution in [0.2, 0.25) is 0 Å². The van der Waals surface area contributed by atoms with Crippen molar-refractivity contribution < 1.29 is 44.2 Å². The standard InChI is InChI=1S/C30H58O9/c1-3-5-7-9-11-12-13-14-15-17-19-26(32)38-24(22-36-20-18-16-10-8-6-4-2)23-37-30-29(35)28(34)27(33)25(21-31)39-30/h24-25,27-31,33-35H,3-23H2,1-2H3. The Morgan fingerprint density at radius 2 is 1.26 bits per heavy atom. The van der Waals surface area contributed by atoms with E-state index in [4.69, 9.17) is 18.9 Å². The van der Waals surface area contributed by atoms with E-state index in [1.54, 1.807) is 0 Å². The molecule has 1 saturated heterocycles. The summed E-state index contributed by atoms with van der Waals surface area (Å²) in [6.07, 6.45) is 11.5. The molecule has 6 atom stereocenters. The van der Waals surface area contributed by atoms with Crippen molar-refractivity contribution in [3.63, 3.8) is 0 Å². The first-order valence-electron chi connectivity index (χ1n) is 15.6. The Bertz CT molecular complexity index is 575. The number of unbranched alkanes of at least 4 members (excludes halogenated alkanes) is 14. The van der Waals surface area contributed by atoms with Gasteiger partial charge in [0, 0.05) is 13.0 Å². The highest BCUT2D eigenvalue weighted by Crippen LogP contribution is 2.22. The van der Waals surface area contributed by atoms with Crippen LogP contribution in [-0.2, 0) is 23.7 Å². The Balaban J connectivity index is 2.40. The second-order valence-electron chi connectivity index (χ2n) is 10.9. The van der Waals surface area contributed by atoms with Crippen molar-refractivity contribution in [2.24, 2.45) is 0 Å². The van der Waals surface area contributed by atoms with Gasteiger partial charge < -0.3 is 39.4 Å². The minimum Gasteiger partial charge on any atom is -0.457 e. The van der Waals surface area contributed by atoms with Crippen LogP contribution in [0.4, 0.5) is 0 Å². The molecule has 0 bridgehead atoms. The number of hydrogen-bond acceptors (Lipinski definition) is 9. The third-order valence-electron chi connectivity index (χ3n) is 7.27. The maximum atomic E-state index is 12.5. The van der Waals surface area contributed by atoms with Gasteiger partial charge >= 0.3 is 5.97 Å². The zero-order valence-corrected chi connectivity index (χ0v) is 24.6. The van der Waals surface area contributed by atoms with Crippen LogP contribution < -0.4 is 0 Å². The van der Waals surface area contributed by atoms with E-state index in [0.717, 1.165) is 32.1 Å². The fourth-order valence-corrected chi connectivity index (χ4v) is 4.72. The molecule has 0 aromatic rings. The van der Waals surface area contributed by atoms with Crippen molar-refractivity contribution in [2.45, 2.75) is 160 Å². The molecule has 9 nitrogen and oxygen atoms in total. The lowest BCUT2D eigenvalue weighted by Gasteiger charge is -2.39. The Hall–Kier alpha value is -0.810. The largest absolute Gasteiger partial charge is 0.457 e. The number of ether oxygens (including phenoxy) is 4. The zero-order valence-electron chi connectivity index (χ0n) is 24.6. The Morgan fingerprint density at radius 3 is 1.82 bits per heavy atom. The molecule has 1 fully saturated rings. The molecule has 6 unspecified atom stereocenters. The molecule has 232 valence electrons. The van der Waals surface area contributed by atoms with E-state index in [1.807, 2.05) is 0 Å². The molecule has 0 aliphatic carbocycles. The summed E-state index contributed by atoms with van der Waals surface area (Å²) in [5, 5.41) is 39.6. The monoisotopic (exact) mass is 562 g/mol. The van der Waals surface area contributed by atoms with Crippen LogP contribution in [-0.4, -0.2) is 89.6 Å². The molecule has 0 aromatic carbocycles. The average molecular weight is 563 g/mol. The van der Waals surface area contributed by atoms with Gasteiger partial charge in [-0.15, -0.1) is 0 Å². The number of rotatable bonds is 25. The van der Waals surface area contributed by atoms with Gasteiger partial charge in [-0.1, -0.05) is 104 Å². The fraction of sp³-hybridized carbons (Fsp3) is 0.967. The Labute approximate surface area is 236 Å². The highest BCUT2D eigenvalue weighted by molar-refractivity contribution is 5.69. The van der Waals surface area contributed by atoms with Crippen LogP contribution in [0.1, 0.15) is 123 Å². The highest BCUT2D eigenvalue weighted by atomic mass is 16.7. The zero-order chi connectivity index (χ0) is 28.7. The summed E-state index contributed by atoms with van der Waals surface area (Å²) in [4.78, 5) is 12.5. The quantitative estimate of drug-likeness (QED) is 0.0943. The Morgan fingerprint density at radius 1 is 0.718 bits per heavy atom. The second kappa shape index (κ2) is 23.9. The van der Waals surface area contributed by atoms with Crippen LogP contribution in [0, 0.1) is 0 Å². The first-order valence-corrected chi connectivity index (χ1v) is 15.6. The van der Waals surface area contributed by atoms with Crippen LogP contribution in [0.15, 0.2) is 0 Å². The molecule has 1 heterocycles. The van der Waals surface area contributed by atoms with Gasteiger partial charge in [0.2, 0.25) is 0 Å². The van der Waals surface area contributed by atoms with Gasteiger partial charge in [-0.25, -0.2) is 0 Å². The summed E-state index contributed by atoms with van der Waals surface area (Å²) in [6.45, 7) is 4.47. The topological polar surface area (TPSA) is 135 Å². The van der Waals surface area contributed by atoms with Crippen LogP contribution >= 0.6 is 0 Å². The van der Waals surface area contributed by atoms with E-state index in [9.17, 15) is 25.2 Å². The number of carbonyl (C=O) groups is 1. The SMILES string of the molecule is CCCCCCCCCCCCC(=O)OC(COCCCCCCCC)COC1OC(CO)C(O)C(O)C1O. The van der Waals surface area contributed by atoms with Crippen molar-refractivity contribution in [1.82, 2.24) is 0 Å². The van der Waals surface area contributed by atoms with Crippen molar-refractivity contribution in [3.05, 3.63) is 0 Å². The van der Waals surface area contributed by atoms with Gasteiger partial charge in [0.25, 0.3) is 0 Å². The number of esters is 1. The maximum absolute atomic E-state index is 12.5. The molecular formula is C30H58O9. The molecule has 0 amide bonds. The number of carbonyl (C=O) groups excluding carboxylic acids is 1. The molecule has 1 aliphatic rings. The fourth-order valence-electron chi connectivity index (χ4n) is 4.72. The summed E-state index contributed by atoms with van der Waals surface area (Å²) in [6, 6.07) is 0. The maximum Gasteiger partial charge on any atom is 0.306 e. The third kappa shape index (κ3) is 16.9. The lowest BCUT2D eigenvalue weighted by atomic mass is 9.99. The van der Waals surface area contributed by atoms with Gasteiger partial charge in [0.05, 0.1) is 19.8 Å². The van der Waals surface area contributed by atoms with Gasteiger partial charge in [0.1, 0.15) is 30.5 Å². The summed E-state index contributed by atoms with van der Waals surface area (Å²) in [5.41, 5.74) is 0. The van der Waals surface area contributed by atoms with Crippen molar-refractivity contribution in [1.29, 1.82) is 0 Å². The van der Waals surface area contributed by atoms with Gasteiger partial charge in [0.15, 0.2) is 6.29 Å². The van der Waals surface area contributed by atoms with Gasteiger partial charge in [-0.05, 0) is 12.8 Å². The van der Waals surface area contributed by atoms with E-state index in [1.165, 1.54) is 70.6 Å². The van der Waals surface area contributed by atoms with E-state index in [0.29, 0.717) is 13.0 Å². The molecule has 1 rings (SSSR count). The van der Waals surface area contributed by atoms with Crippen LogP contribution in [0.25, 0.3) is 0 Å². The predicted molar refractivity (Wildman–Crippen MR) is 150 cm³/mol. The van der Waals surface area contributed by atoms with Gasteiger partial charge in [-0.3, -0.25) is 4.79 Å². The van der Waals surface area contributed by atoms with Crippen molar-refractivity contribution >= 4 is 5.97 Å². The van der Waals surface area contributed by atoms with Crippen LogP contribution in [0.3, 0.4) is 0 Å². The minimum atomic E-state index is -1.53. The Kier molecular flexibility index (Phi) is 22.1. The second-order valence-corrected chi connectivity index (χ2v) is 10.9. The number of aliphatic hydroxyl groups excluding tert-OH is 4. The number of hydrogen-bond donors (Lipinski definition) is 4. The minimum absolute atomic E-state index is 0.108. The summed E-state index contributed by atoms with van der Waals surface area (Å²) < 4.78 is 22.4. The summed E-state index contributed by atoms with van der Waals surface area (Å²) >= 11 is 0. The lowest BCUT2D eigenvalue weighted by Crippen LogP contribution is -2.59. The molecule has 0 aromatic heterocycles. The van der Waals surface area contributed by atoms with E-state index >= 15 is 0 Å². The number of aliphatic hydroxyl groups is 4. The molecule has 0 radical (unpaired) electrons. The predicted octanol–water partition coefficient (Wildman–Crippen LogP) is 4.40.